The van der Waals surface area contributed by atoms with Gasteiger partial charge in [0.2, 0.25) is 15.9 Å². The van der Waals surface area contributed by atoms with Gasteiger partial charge >= 0.3 is 5.97 Å². The number of carboxylic acid groups (broad SMARTS) is 1. The van der Waals surface area contributed by atoms with Crippen molar-refractivity contribution in [2.24, 2.45) is 0 Å². The number of sulfonamides is 1. The Bertz CT molecular complexity index is 707. The number of carboxylic acids is 1. The Labute approximate surface area is 148 Å². The van der Waals surface area contributed by atoms with Crippen LogP contribution in [0.5, 0.6) is 0 Å². The number of nitrogens with one attached hydrogen (secondary N) is 1. The molecule has 0 bridgehead atoms. The van der Waals surface area contributed by atoms with Gasteiger partial charge in [-0.2, -0.15) is 0 Å². The van der Waals surface area contributed by atoms with E-state index in [9.17, 15) is 18.0 Å². The monoisotopic (exact) mass is 368 g/mol. The Balaban J connectivity index is 1.81. The molecule has 7 nitrogen and oxygen atoms in total. The molecule has 2 N–H and O–H groups in total. The number of aromatic carboxylic acids is 1. The standard InChI is InChI=1S/C17H24N2O5S/c1-2-11-25(23,24)19-9-7-15(8-10-19)18-16(20)12-13-3-5-14(6-4-13)17(21)22/h3-6,15H,2,7-12H2,1H3,(H,18,20)(H,21,22). The van der Waals surface area contributed by atoms with Crippen molar-refractivity contribution in [1.82, 2.24) is 9.62 Å². The molecule has 2 rings (SSSR count). The lowest BCUT2D eigenvalue weighted by molar-refractivity contribution is -0.121. The van der Waals surface area contributed by atoms with Gasteiger partial charge in [0.05, 0.1) is 17.7 Å². The largest absolute Gasteiger partial charge is 0.478 e. The molecule has 1 aromatic carbocycles. The highest BCUT2D eigenvalue weighted by Gasteiger charge is 2.27. The van der Waals surface area contributed by atoms with Gasteiger partial charge in [-0.1, -0.05) is 19.1 Å². The molecule has 0 aliphatic carbocycles. The van der Waals surface area contributed by atoms with Crippen molar-refractivity contribution >= 4 is 21.9 Å². The number of carbonyl (C=O) groups is 2. The van der Waals surface area contributed by atoms with Crippen LogP contribution in [0.15, 0.2) is 24.3 Å². The first-order valence-corrected chi connectivity index (χ1v) is 10.0. The van der Waals surface area contributed by atoms with E-state index in [0.717, 1.165) is 5.56 Å². The van der Waals surface area contributed by atoms with Crippen LogP contribution < -0.4 is 5.32 Å². The number of hydrogen-bond donors (Lipinski definition) is 2. The van der Waals surface area contributed by atoms with Crippen LogP contribution in [0.3, 0.4) is 0 Å². The topological polar surface area (TPSA) is 104 Å². The highest BCUT2D eigenvalue weighted by molar-refractivity contribution is 7.89. The van der Waals surface area contributed by atoms with Crippen molar-refractivity contribution in [2.75, 3.05) is 18.8 Å². The van der Waals surface area contributed by atoms with Crippen molar-refractivity contribution in [2.45, 2.75) is 38.6 Å². The summed E-state index contributed by atoms with van der Waals surface area (Å²) in [5.74, 6) is -0.977. The fraction of sp³-hybridized carbons (Fsp3) is 0.529. The van der Waals surface area contributed by atoms with Crippen molar-refractivity contribution in [3.63, 3.8) is 0 Å². The minimum absolute atomic E-state index is 0.0288. The quantitative estimate of drug-likeness (QED) is 0.754. The molecular formula is C17H24N2O5S. The highest BCUT2D eigenvalue weighted by atomic mass is 32.2. The van der Waals surface area contributed by atoms with Crippen molar-refractivity contribution < 1.29 is 23.1 Å². The van der Waals surface area contributed by atoms with Crippen LogP contribution in [0, 0.1) is 0 Å². The van der Waals surface area contributed by atoms with Crippen LogP contribution >= 0.6 is 0 Å². The van der Waals surface area contributed by atoms with Crippen LogP contribution in [0.4, 0.5) is 0 Å². The zero-order valence-corrected chi connectivity index (χ0v) is 15.1. The normalized spacial score (nSPS) is 16.5. The van der Waals surface area contributed by atoms with E-state index < -0.39 is 16.0 Å². The fourth-order valence-corrected chi connectivity index (χ4v) is 4.44. The van der Waals surface area contributed by atoms with Gasteiger partial charge in [0.15, 0.2) is 0 Å². The molecule has 25 heavy (non-hydrogen) atoms. The number of rotatable bonds is 7. The summed E-state index contributed by atoms with van der Waals surface area (Å²) in [5, 5.41) is 11.8. The molecule has 8 heteroatoms. The maximum Gasteiger partial charge on any atom is 0.335 e. The Morgan fingerprint density at radius 3 is 2.32 bits per heavy atom. The molecule has 1 amide bonds. The minimum atomic E-state index is -3.17. The Kier molecular flexibility index (Phi) is 6.55. The molecule has 0 aromatic heterocycles. The molecule has 1 aliphatic heterocycles. The number of hydrogen-bond acceptors (Lipinski definition) is 4. The van der Waals surface area contributed by atoms with Crippen LogP contribution in [0.2, 0.25) is 0 Å². The van der Waals surface area contributed by atoms with E-state index in [2.05, 4.69) is 5.32 Å². The molecule has 0 atom stereocenters. The molecule has 1 saturated heterocycles. The zero-order valence-electron chi connectivity index (χ0n) is 14.3. The van der Waals surface area contributed by atoms with Crippen LogP contribution in [-0.4, -0.2) is 54.6 Å². The van der Waals surface area contributed by atoms with Gasteiger partial charge in [0.25, 0.3) is 0 Å². The lowest BCUT2D eigenvalue weighted by atomic mass is 10.1. The first-order valence-electron chi connectivity index (χ1n) is 8.41. The molecule has 0 unspecified atom stereocenters. The van der Waals surface area contributed by atoms with Crippen LogP contribution in [-0.2, 0) is 21.2 Å². The van der Waals surface area contributed by atoms with E-state index in [0.29, 0.717) is 32.4 Å². The maximum atomic E-state index is 12.1. The summed E-state index contributed by atoms with van der Waals surface area (Å²) in [6.45, 7) is 2.70. The third-order valence-corrected chi connectivity index (χ3v) is 6.32. The summed E-state index contributed by atoms with van der Waals surface area (Å²) < 4.78 is 25.6. The van der Waals surface area contributed by atoms with Crippen molar-refractivity contribution in [3.8, 4) is 0 Å². The number of piperidine rings is 1. The van der Waals surface area contributed by atoms with Gasteiger partial charge in [0, 0.05) is 19.1 Å². The molecule has 138 valence electrons. The van der Waals surface area contributed by atoms with Gasteiger partial charge in [-0.3, -0.25) is 4.79 Å². The summed E-state index contributed by atoms with van der Waals surface area (Å²) in [5.41, 5.74) is 0.926. The Hall–Kier alpha value is -1.93. The summed E-state index contributed by atoms with van der Waals surface area (Å²) in [4.78, 5) is 22.9. The number of amides is 1. The van der Waals surface area contributed by atoms with Gasteiger partial charge in [0.1, 0.15) is 0 Å². The average molecular weight is 368 g/mol. The van der Waals surface area contributed by atoms with E-state index in [4.69, 9.17) is 5.11 Å². The van der Waals surface area contributed by atoms with Crippen LogP contribution in [0.1, 0.15) is 42.1 Å². The number of carbonyl (C=O) groups excluding carboxylic acids is 1. The second kappa shape index (κ2) is 8.44. The smallest absolute Gasteiger partial charge is 0.335 e. The maximum absolute atomic E-state index is 12.1. The van der Waals surface area contributed by atoms with E-state index in [1.54, 1.807) is 12.1 Å². The molecule has 0 radical (unpaired) electrons. The Morgan fingerprint density at radius 2 is 1.80 bits per heavy atom. The van der Waals surface area contributed by atoms with E-state index in [1.807, 2.05) is 6.92 Å². The molecule has 1 aromatic rings. The number of benzene rings is 1. The zero-order chi connectivity index (χ0) is 18.4. The predicted octanol–water partition coefficient (Wildman–Crippen LogP) is 1.25. The van der Waals surface area contributed by atoms with Crippen molar-refractivity contribution in [3.05, 3.63) is 35.4 Å². The summed E-state index contributed by atoms with van der Waals surface area (Å²) >= 11 is 0. The first-order chi connectivity index (χ1) is 11.8. The third-order valence-electron chi connectivity index (χ3n) is 4.24. The van der Waals surface area contributed by atoms with E-state index in [1.165, 1.54) is 16.4 Å². The van der Waals surface area contributed by atoms with Crippen molar-refractivity contribution in [1.29, 1.82) is 0 Å². The minimum Gasteiger partial charge on any atom is -0.478 e. The van der Waals surface area contributed by atoms with Gasteiger partial charge in [-0.05, 0) is 37.0 Å². The lowest BCUT2D eigenvalue weighted by Gasteiger charge is -2.31. The van der Waals surface area contributed by atoms with Gasteiger partial charge < -0.3 is 10.4 Å². The first kappa shape index (κ1) is 19.4. The predicted molar refractivity (Wildman–Crippen MR) is 93.9 cm³/mol. The summed E-state index contributed by atoms with van der Waals surface area (Å²) in [7, 11) is -3.17. The lowest BCUT2D eigenvalue weighted by Crippen LogP contribution is -2.47. The van der Waals surface area contributed by atoms with E-state index >= 15 is 0 Å². The average Bonchev–Trinajstić information content (AvgIpc) is 2.55. The number of nitrogens with zero attached hydrogens (tertiary/aromatic N) is 1. The fourth-order valence-electron chi connectivity index (χ4n) is 2.89. The molecule has 1 heterocycles. The highest BCUT2D eigenvalue weighted by Crippen LogP contribution is 2.15. The summed E-state index contributed by atoms with van der Waals surface area (Å²) in [6.07, 6.45) is 1.98. The van der Waals surface area contributed by atoms with Crippen LogP contribution in [0.25, 0.3) is 0 Å². The van der Waals surface area contributed by atoms with Gasteiger partial charge in [-0.25, -0.2) is 17.5 Å². The van der Waals surface area contributed by atoms with Gasteiger partial charge in [-0.15, -0.1) is 0 Å². The molecule has 1 aliphatic rings. The third kappa shape index (κ3) is 5.54. The molecule has 0 spiro atoms. The molecular weight excluding hydrogens is 344 g/mol. The molecule has 1 fully saturated rings. The molecule has 0 saturated carbocycles. The second-order valence-corrected chi connectivity index (χ2v) is 8.32. The Morgan fingerprint density at radius 1 is 1.20 bits per heavy atom. The second-order valence-electron chi connectivity index (χ2n) is 6.24. The summed E-state index contributed by atoms with van der Waals surface area (Å²) in [6, 6.07) is 6.18. The SMILES string of the molecule is CCCS(=O)(=O)N1CCC(NC(=O)Cc2ccc(C(=O)O)cc2)CC1. The van der Waals surface area contributed by atoms with E-state index in [-0.39, 0.29) is 29.7 Å².